The Hall–Kier alpha value is -4.21. The van der Waals surface area contributed by atoms with Gasteiger partial charge in [0.2, 0.25) is 0 Å². The van der Waals surface area contributed by atoms with E-state index in [-0.39, 0.29) is 23.6 Å². The average Bonchev–Trinajstić information content (AvgIpc) is 3.28. The smallest absolute Gasteiger partial charge is 0.406 e. The highest BCUT2D eigenvalue weighted by molar-refractivity contribution is 5.93. The van der Waals surface area contributed by atoms with Crippen LogP contribution < -0.4 is 10.1 Å². The Morgan fingerprint density at radius 2 is 1.59 bits per heavy atom. The fourth-order valence-corrected chi connectivity index (χ4v) is 3.34. The number of hydrogen-bond acceptors (Lipinski definition) is 3. The Morgan fingerprint density at radius 3 is 2.29 bits per heavy atom. The monoisotopic (exact) mass is 473 g/mol. The molecular weight excluding hydrogens is 457 g/mol. The topological polar surface area (TPSA) is 56.2 Å². The molecule has 4 rings (SSSR count). The quantitative estimate of drug-likeness (QED) is 0.369. The van der Waals surface area contributed by atoms with Crippen LogP contribution in [-0.2, 0) is 6.54 Å². The van der Waals surface area contributed by atoms with Gasteiger partial charge in [-0.2, -0.15) is 0 Å². The van der Waals surface area contributed by atoms with Crippen LogP contribution in [0, 0.1) is 11.6 Å². The summed E-state index contributed by atoms with van der Waals surface area (Å²) >= 11 is 0. The molecule has 5 nitrogen and oxygen atoms in total. The van der Waals surface area contributed by atoms with E-state index < -0.39 is 23.9 Å². The first-order chi connectivity index (χ1) is 16.2. The van der Waals surface area contributed by atoms with Gasteiger partial charge in [-0.05, 0) is 47.5 Å². The molecule has 10 heteroatoms. The Kier molecular flexibility index (Phi) is 6.31. The summed E-state index contributed by atoms with van der Waals surface area (Å²) in [5.41, 5.74) is 1.36. The number of rotatable bonds is 6. The van der Waals surface area contributed by atoms with Gasteiger partial charge in [-0.1, -0.05) is 30.3 Å². The molecule has 1 N–H and O–H groups in total. The molecule has 3 aromatic carbocycles. The van der Waals surface area contributed by atoms with Crippen molar-refractivity contribution < 1.29 is 31.5 Å². The van der Waals surface area contributed by atoms with Crippen molar-refractivity contribution >= 4 is 5.91 Å². The zero-order chi connectivity index (χ0) is 24.3. The molecule has 0 aliphatic rings. The van der Waals surface area contributed by atoms with Crippen LogP contribution in [0.5, 0.6) is 5.75 Å². The first-order valence-electron chi connectivity index (χ1n) is 9.91. The Labute approximate surface area is 190 Å². The molecule has 0 aliphatic heterocycles. The van der Waals surface area contributed by atoms with E-state index >= 15 is 0 Å². The van der Waals surface area contributed by atoms with Gasteiger partial charge in [0.25, 0.3) is 5.91 Å². The van der Waals surface area contributed by atoms with Crippen LogP contribution in [0.2, 0.25) is 0 Å². The maximum absolute atomic E-state index is 13.8. The molecule has 34 heavy (non-hydrogen) atoms. The van der Waals surface area contributed by atoms with Crippen molar-refractivity contribution in [1.82, 2.24) is 14.9 Å². The highest BCUT2D eigenvalue weighted by Crippen LogP contribution is 2.29. The lowest BCUT2D eigenvalue weighted by Crippen LogP contribution is -2.26. The molecule has 0 fully saturated rings. The summed E-state index contributed by atoms with van der Waals surface area (Å²) in [6.45, 7) is -0.367. The van der Waals surface area contributed by atoms with Crippen molar-refractivity contribution in [3.05, 3.63) is 102 Å². The lowest BCUT2D eigenvalue weighted by molar-refractivity contribution is -0.274. The van der Waals surface area contributed by atoms with Gasteiger partial charge >= 0.3 is 6.36 Å². The van der Waals surface area contributed by atoms with E-state index in [9.17, 15) is 26.7 Å². The molecule has 1 heterocycles. The van der Waals surface area contributed by atoms with Gasteiger partial charge in [-0.15, -0.1) is 13.2 Å². The maximum Gasteiger partial charge on any atom is 0.573 e. The number of carbonyl (C=O) groups is 1. The molecule has 0 unspecified atom stereocenters. The average molecular weight is 473 g/mol. The summed E-state index contributed by atoms with van der Waals surface area (Å²) in [5.74, 6) is -2.54. The minimum absolute atomic E-state index is 0.100. The molecule has 1 aromatic heterocycles. The fraction of sp³-hybridized carbons (Fsp3) is 0.0833. The van der Waals surface area contributed by atoms with Crippen LogP contribution in [0.4, 0.5) is 22.0 Å². The summed E-state index contributed by atoms with van der Waals surface area (Å²) in [7, 11) is 0. The van der Waals surface area contributed by atoms with Crippen LogP contribution in [0.15, 0.2) is 79.3 Å². The number of aromatic nitrogens is 2. The summed E-state index contributed by atoms with van der Waals surface area (Å²) in [6.07, 6.45) is -2.15. The third-order valence-corrected chi connectivity index (χ3v) is 4.88. The third-order valence-electron chi connectivity index (χ3n) is 4.88. The first-order valence-corrected chi connectivity index (χ1v) is 9.91. The Morgan fingerprint density at radius 1 is 0.941 bits per heavy atom. The van der Waals surface area contributed by atoms with E-state index in [1.807, 2.05) is 0 Å². The van der Waals surface area contributed by atoms with E-state index in [1.54, 1.807) is 30.3 Å². The van der Waals surface area contributed by atoms with Gasteiger partial charge < -0.3 is 10.1 Å². The number of nitrogens with zero attached hydrogens (tertiary/aromatic N) is 2. The van der Waals surface area contributed by atoms with Crippen molar-refractivity contribution in [2.45, 2.75) is 12.9 Å². The molecular formula is C24H16F5N3O2. The van der Waals surface area contributed by atoms with Crippen LogP contribution in [-0.4, -0.2) is 21.8 Å². The maximum atomic E-state index is 13.8. The van der Waals surface area contributed by atoms with Gasteiger partial charge in [0.15, 0.2) is 0 Å². The van der Waals surface area contributed by atoms with Gasteiger partial charge in [-0.3, -0.25) is 9.36 Å². The second-order valence-electron chi connectivity index (χ2n) is 7.16. The summed E-state index contributed by atoms with van der Waals surface area (Å²) in [4.78, 5) is 16.7. The number of ether oxygens (including phenoxy) is 1. The SMILES string of the molecule is O=C(NCc1c(F)cccc1F)c1cncn1-c1cccc(-c2cccc(OC(F)(F)F)c2)c1. The summed E-state index contributed by atoms with van der Waals surface area (Å²) < 4.78 is 70.7. The van der Waals surface area contributed by atoms with Crippen molar-refractivity contribution in [1.29, 1.82) is 0 Å². The number of imidazole rings is 1. The summed E-state index contributed by atoms with van der Waals surface area (Å²) in [5, 5.41) is 2.47. The highest BCUT2D eigenvalue weighted by atomic mass is 19.4. The van der Waals surface area contributed by atoms with E-state index in [0.29, 0.717) is 16.8 Å². The number of benzene rings is 3. The lowest BCUT2D eigenvalue weighted by Gasteiger charge is -2.12. The highest BCUT2D eigenvalue weighted by Gasteiger charge is 2.31. The predicted molar refractivity (Wildman–Crippen MR) is 113 cm³/mol. The predicted octanol–water partition coefficient (Wildman–Crippen LogP) is 5.65. The van der Waals surface area contributed by atoms with E-state index in [4.69, 9.17) is 0 Å². The second kappa shape index (κ2) is 9.34. The number of halogens is 5. The third kappa shape index (κ3) is 5.22. The van der Waals surface area contributed by atoms with Crippen molar-refractivity contribution in [3.8, 4) is 22.6 Å². The van der Waals surface area contributed by atoms with Crippen molar-refractivity contribution in [3.63, 3.8) is 0 Å². The Balaban J connectivity index is 1.57. The zero-order valence-corrected chi connectivity index (χ0v) is 17.3. The number of alkyl halides is 3. The van der Waals surface area contributed by atoms with Crippen LogP contribution in [0.25, 0.3) is 16.8 Å². The normalized spacial score (nSPS) is 11.3. The van der Waals surface area contributed by atoms with Crippen molar-refractivity contribution in [2.24, 2.45) is 0 Å². The van der Waals surface area contributed by atoms with Gasteiger partial charge in [0.05, 0.1) is 12.5 Å². The summed E-state index contributed by atoms with van der Waals surface area (Å²) in [6, 6.07) is 15.6. The van der Waals surface area contributed by atoms with Crippen LogP contribution in [0.1, 0.15) is 16.1 Å². The molecule has 0 atom stereocenters. The lowest BCUT2D eigenvalue weighted by atomic mass is 10.0. The van der Waals surface area contributed by atoms with Crippen molar-refractivity contribution in [2.75, 3.05) is 0 Å². The fourth-order valence-electron chi connectivity index (χ4n) is 3.34. The van der Waals surface area contributed by atoms with Crippen LogP contribution in [0.3, 0.4) is 0 Å². The first kappa shape index (κ1) is 23.0. The number of hydrogen-bond donors (Lipinski definition) is 1. The molecule has 0 saturated heterocycles. The minimum atomic E-state index is -4.81. The Bertz CT molecular complexity index is 1310. The van der Waals surface area contributed by atoms with E-state index in [1.165, 1.54) is 41.4 Å². The molecule has 4 aromatic rings. The zero-order valence-electron chi connectivity index (χ0n) is 17.3. The molecule has 0 saturated carbocycles. The molecule has 1 amide bonds. The molecule has 0 bridgehead atoms. The molecule has 0 radical (unpaired) electrons. The largest absolute Gasteiger partial charge is 0.573 e. The second-order valence-corrected chi connectivity index (χ2v) is 7.16. The molecule has 0 aliphatic carbocycles. The number of carbonyl (C=O) groups excluding carboxylic acids is 1. The van der Waals surface area contributed by atoms with Gasteiger partial charge in [0, 0.05) is 17.8 Å². The van der Waals surface area contributed by atoms with Gasteiger partial charge in [0.1, 0.15) is 23.1 Å². The number of amides is 1. The van der Waals surface area contributed by atoms with Gasteiger partial charge in [-0.25, -0.2) is 13.8 Å². The minimum Gasteiger partial charge on any atom is -0.406 e. The molecule has 0 spiro atoms. The number of nitrogens with one attached hydrogen (secondary N) is 1. The van der Waals surface area contributed by atoms with E-state index in [0.717, 1.165) is 12.1 Å². The van der Waals surface area contributed by atoms with Crippen LogP contribution >= 0.6 is 0 Å². The molecule has 174 valence electrons. The van der Waals surface area contributed by atoms with E-state index in [2.05, 4.69) is 15.0 Å². The standard InChI is InChI=1S/C24H16F5N3O2/c25-20-8-3-9-21(26)19(20)12-31-23(33)22-13-30-14-32(22)17-6-1-4-15(10-17)16-5-2-7-18(11-16)34-24(27,28)29/h1-11,13-14H,12H2,(H,31,33).